The monoisotopic (exact) mass is 337 g/mol. The first-order valence-electron chi connectivity index (χ1n) is 5.25. The van der Waals surface area contributed by atoms with E-state index in [2.05, 4.69) is 21.2 Å². The van der Waals surface area contributed by atoms with Gasteiger partial charge in [-0.05, 0) is 34.1 Å². The molecule has 0 saturated carbocycles. The molecule has 0 bridgehead atoms. The molecule has 0 saturated heterocycles. The van der Waals surface area contributed by atoms with Gasteiger partial charge in [-0.2, -0.15) is 5.26 Å². The molecule has 0 amide bonds. The highest BCUT2D eigenvalue weighted by Crippen LogP contribution is 2.27. The lowest BCUT2D eigenvalue weighted by Crippen LogP contribution is -2.01. The van der Waals surface area contributed by atoms with Crippen LogP contribution in [0.1, 0.15) is 10.4 Å². The van der Waals surface area contributed by atoms with Crippen LogP contribution in [-0.2, 0) is 6.54 Å². The van der Waals surface area contributed by atoms with E-state index in [-0.39, 0.29) is 11.3 Å². The molecule has 5 nitrogen and oxygen atoms in total. The number of nitrogens with zero attached hydrogens (tertiary/aromatic N) is 2. The fourth-order valence-corrected chi connectivity index (χ4v) is 2.92. The van der Waals surface area contributed by atoms with Gasteiger partial charge in [0.15, 0.2) is 0 Å². The maximum absolute atomic E-state index is 11.0. The molecular weight excluding hydrogens is 330 g/mol. The van der Waals surface area contributed by atoms with Crippen molar-refractivity contribution < 1.29 is 4.92 Å². The minimum absolute atomic E-state index is 0.0883. The predicted molar refractivity (Wildman–Crippen MR) is 77.2 cm³/mol. The van der Waals surface area contributed by atoms with Gasteiger partial charge < -0.3 is 5.32 Å². The van der Waals surface area contributed by atoms with Gasteiger partial charge in [0.25, 0.3) is 5.69 Å². The largest absolute Gasteiger partial charge is 0.375 e. The first-order chi connectivity index (χ1) is 9.10. The standard InChI is InChI=1S/C12H8BrN3O2S/c13-9-4-10(19-7-9)6-15-11-2-1-8(5-14)3-12(11)16(17)18/h1-4,7,15H,6H2. The van der Waals surface area contributed by atoms with Crippen LogP contribution in [-0.4, -0.2) is 4.92 Å². The summed E-state index contributed by atoms with van der Waals surface area (Å²) in [4.78, 5) is 11.5. The molecule has 0 fully saturated rings. The molecule has 0 atom stereocenters. The number of thiophene rings is 1. The molecule has 0 radical (unpaired) electrons. The average Bonchev–Trinajstić information content (AvgIpc) is 2.82. The Morgan fingerprint density at radius 1 is 1.47 bits per heavy atom. The summed E-state index contributed by atoms with van der Waals surface area (Å²) in [7, 11) is 0. The summed E-state index contributed by atoms with van der Waals surface area (Å²) in [5.74, 6) is 0. The number of halogens is 1. The first-order valence-corrected chi connectivity index (χ1v) is 6.92. The Morgan fingerprint density at radius 2 is 2.26 bits per heavy atom. The third-order valence-electron chi connectivity index (χ3n) is 2.40. The summed E-state index contributed by atoms with van der Waals surface area (Å²) in [6.45, 7) is 0.503. The smallest absolute Gasteiger partial charge is 0.293 e. The zero-order valence-corrected chi connectivity index (χ0v) is 12.0. The predicted octanol–water partition coefficient (Wildman–Crippen LogP) is 3.90. The lowest BCUT2D eigenvalue weighted by molar-refractivity contribution is -0.384. The van der Waals surface area contributed by atoms with E-state index in [0.29, 0.717) is 12.2 Å². The van der Waals surface area contributed by atoms with Gasteiger partial charge in [0, 0.05) is 27.3 Å². The summed E-state index contributed by atoms with van der Waals surface area (Å²) >= 11 is 4.91. The molecule has 1 heterocycles. The molecule has 0 aliphatic rings. The van der Waals surface area contributed by atoms with E-state index in [0.717, 1.165) is 9.35 Å². The van der Waals surface area contributed by atoms with Crippen molar-refractivity contribution in [3.8, 4) is 6.07 Å². The first kappa shape index (κ1) is 13.5. The van der Waals surface area contributed by atoms with Crippen molar-refractivity contribution in [3.63, 3.8) is 0 Å². The van der Waals surface area contributed by atoms with E-state index in [1.165, 1.54) is 6.07 Å². The van der Waals surface area contributed by atoms with Crippen LogP contribution in [0.4, 0.5) is 11.4 Å². The molecular formula is C12H8BrN3O2S. The summed E-state index contributed by atoms with van der Waals surface area (Å²) < 4.78 is 0.989. The number of nitro groups is 1. The van der Waals surface area contributed by atoms with Crippen LogP contribution in [0.3, 0.4) is 0 Å². The number of rotatable bonds is 4. The van der Waals surface area contributed by atoms with Crippen LogP contribution in [0, 0.1) is 21.4 Å². The third-order valence-corrected chi connectivity index (χ3v) is 4.10. The molecule has 96 valence electrons. The SMILES string of the molecule is N#Cc1ccc(NCc2cc(Br)cs2)c([N+](=O)[O-])c1. The topological polar surface area (TPSA) is 79.0 Å². The van der Waals surface area contributed by atoms with Crippen LogP contribution < -0.4 is 5.32 Å². The molecule has 1 aromatic heterocycles. The number of anilines is 1. The summed E-state index contributed by atoms with van der Waals surface area (Å²) in [6.07, 6.45) is 0. The van der Waals surface area contributed by atoms with E-state index in [1.807, 2.05) is 17.5 Å². The van der Waals surface area contributed by atoms with E-state index >= 15 is 0 Å². The molecule has 19 heavy (non-hydrogen) atoms. The van der Waals surface area contributed by atoms with Crippen LogP contribution >= 0.6 is 27.3 Å². The van der Waals surface area contributed by atoms with Crippen molar-refractivity contribution in [1.82, 2.24) is 0 Å². The zero-order valence-electron chi connectivity index (χ0n) is 9.59. The van der Waals surface area contributed by atoms with Crippen LogP contribution in [0.2, 0.25) is 0 Å². The molecule has 1 N–H and O–H groups in total. The average molecular weight is 338 g/mol. The minimum Gasteiger partial charge on any atom is -0.375 e. The molecule has 2 rings (SSSR count). The Labute approximate surface area is 121 Å². The van der Waals surface area contributed by atoms with Crippen molar-refractivity contribution in [1.29, 1.82) is 5.26 Å². The Morgan fingerprint density at radius 3 is 2.84 bits per heavy atom. The Hall–Kier alpha value is -1.91. The Bertz CT molecular complexity index is 663. The maximum Gasteiger partial charge on any atom is 0.293 e. The van der Waals surface area contributed by atoms with Gasteiger partial charge in [0.2, 0.25) is 0 Å². The fourth-order valence-electron chi connectivity index (χ4n) is 1.53. The Balaban J connectivity index is 2.20. The Kier molecular flexibility index (Phi) is 4.14. The second-order valence-electron chi connectivity index (χ2n) is 3.69. The number of nitro benzene ring substituents is 1. The number of benzene rings is 1. The van der Waals surface area contributed by atoms with Gasteiger partial charge in [-0.15, -0.1) is 11.3 Å². The highest BCUT2D eigenvalue weighted by Gasteiger charge is 2.14. The van der Waals surface area contributed by atoms with Gasteiger partial charge in [0.05, 0.1) is 16.6 Å². The highest BCUT2D eigenvalue weighted by molar-refractivity contribution is 9.10. The van der Waals surface area contributed by atoms with Gasteiger partial charge in [-0.3, -0.25) is 10.1 Å². The van der Waals surface area contributed by atoms with Crippen molar-refractivity contribution in [3.05, 3.63) is 54.7 Å². The quantitative estimate of drug-likeness (QED) is 0.677. The molecule has 1 aromatic carbocycles. The van der Waals surface area contributed by atoms with Crippen molar-refractivity contribution in [2.24, 2.45) is 0 Å². The van der Waals surface area contributed by atoms with E-state index in [1.54, 1.807) is 23.5 Å². The third kappa shape index (κ3) is 3.30. The molecule has 0 aliphatic heterocycles. The van der Waals surface area contributed by atoms with Gasteiger partial charge in [0.1, 0.15) is 5.69 Å². The molecule has 0 aliphatic carbocycles. The second kappa shape index (κ2) is 5.82. The highest BCUT2D eigenvalue weighted by atomic mass is 79.9. The molecule has 2 aromatic rings. The van der Waals surface area contributed by atoms with Crippen molar-refractivity contribution >= 4 is 38.6 Å². The number of nitrogens with one attached hydrogen (secondary N) is 1. The molecule has 0 spiro atoms. The zero-order chi connectivity index (χ0) is 13.8. The van der Waals surface area contributed by atoms with E-state index in [4.69, 9.17) is 5.26 Å². The number of hydrogen-bond donors (Lipinski definition) is 1. The van der Waals surface area contributed by atoms with Gasteiger partial charge >= 0.3 is 0 Å². The van der Waals surface area contributed by atoms with Crippen LogP contribution in [0.25, 0.3) is 0 Å². The number of nitriles is 1. The molecule has 0 unspecified atom stereocenters. The van der Waals surface area contributed by atoms with E-state index < -0.39 is 4.92 Å². The normalized spacial score (nSPS) is 9.89. The molecule has 7 heteroatoms. The summed E-state index contributed by atoms with van der Waals surface area (Å²) in [5.41, 5.74) is 0.597. The van der Waals surface area contributed by atoms with Crippen LogP contribution in [0.5, 0.6) is 0 Å². The van der Waals surface area contributed by atoms with Crippen molar-refractivity contribution in [2.45, 2.75) is 6.54 Å². The minimum atomic E-state index is -0.493. The lowest BCUT2D eigenvalue weighted by Gasteiger charge is -2.05. The van der Waals surface area contributed by atoms with Crippen LogP contribution in [0.15, 0.2) is 34.1 Å². The van der Waals surface area contributed by atoms with E-state index in [9.17, 15) is 10.1 Å². The second-order valence-corrected chi connectivity index (χ2v) is 5.60. The van der Waals surface area contributed by atoms with Gasteiger partial charge in [-0.25, -0.2) is 0 Å². The fraction of sp³-hybridized carbons (Fsp3) is 0.0833. The van der Waals surface area contributed by atoms with Crippen molar-refractivity contribution in [2.75, 3.05) is 5.32 Å². The summed E-state index contributed by atoms with van der Waals surface area (Å²) in [6, 6.07) is 8.22. The maximum atomic E-state index is 11.0. The number of hydrogen-bond acceptors (Lipinski definition) is 5. The summed E-state index contributed by atoms with van der Waals surface area (Å²) in [5, 5.41) is 24.7. The lowest BCUT2D eigenvalue weighted by atomic mass is 10.2. The van der Waals surface area contributed by atoms with Gasteiger partial charge in [-0.1, -0.05) is 0 Å².